The van der Waals surface area contributed by atoms with Gasteiger partial charge in [0.2, 0.25) is 5.88 Å². The second-order valence-electron chi connectivity index (χ2n) is 2.58. The van der Waals surface area contributed by atoms with E-state index in [1.165, 1.54) is 6.33 Å². The van der Waals surface area contributed by atoms with Crippen LogP contribution in [0.25, 0.3) is 10.9 Å². The first kappa shape index (κ1) is 10.5. The summed E-state index contributed by atoms with van der Waals surface area (Å²) in [7, 11) is 1.59. The summed E-state index contributed by atoms with van der Waals surface area (Å²) in [6.45, 7) is 0. The van der Waals surface area contributed by atoms with Crippen LogP contribution in [-0.2, 0) is 0 Å². The van der Waals surface area contributed by atoms with E-state index in [1.807, 2.05) is 0 Å². The van der Waals surface area contributed by atoms with E-state index in [9.17, 15) is 5.11 Å². The molecule has 0 amide bonds. The Balaban J connectivity index is 0.000000980. The molecule has 1 heterocycles. The minimum atomic E-state index is -0.00680. The summed E-state index contributed by atoms with van der Waals surface area (Å²) in [5, 5.41) is 9.97. The van der Waals surface area contributed by atoms with E-state index in [2.05, 4.69) is 9.97 Å². The van der Waals surface area contributed by atoms with Gasteiger partial charge in [-0.05, 0) is 12.1 Å². The van der Waals surface area contributed by atoms with E-state index in [-0.39, 0.29) is 18.3 Å². The van der Waals surface area contributed by atoms with Gasteiger partial charge in [-0.3, -0.25) is 0 Å². The molecular weight excluding hydrogens is 204 g/mol. The number of hydrogen-bond donors (Lipinski definition) is 1. The summed E-state index contributed by atoms with van der Waals surface area (Å²) in [4.78, 5) is 7.67. The number of rotatable bonds is 1. The van der Waals surface area contributed by atoms with Crippen LogP contribution in [0.1, 0.15) is 0 Å². The first-order chi connectivity index (χ1) is 6.31. The van der Waals surface area contributed by atoms with Crippen molar-refractivity contribution in [3.63, 3.8) is 0 Å². The summed E-state index contributed by atoms with van der Waals surface area (Å²) in [5.74, 6) is 0.707. The Morgan fingerprint density at radius 3 is 2.79 bits per heavy atom. The van der Waals surface area contributed by atoms with Crippen LogP contribution >= 0.6 is 12.4 Å². The van der Waals surface area contributed by atoms with E-state index >= 15 is 0 Å². The third-order valence-electron chi connectivity index (χ3n) is 1.82. The fourth-order valence-electron chi connectivity index (χ4n) is 1.15. The van der Waals surface area contributed by atoms with Gasteiger partial charge < -0.3 is 9.84 Å². The molecule has 74 valence electrons. The SMILES string of the molecule is COc1ccc2c(O)ncnc2c1.Cl. The van der Waals surface area contributed by atoms with Gasteiger partial charge in [0.1, 0.15) is 12.1 Å². The number of ether oxygens (including phenoxy) is 1. The van der Waals surface area contributed by atoms with Gasteiger partial charge in [-0.25, -0.2) is 9.97 Å². The van der Waals surface area contributed by atoms with Crippen molar-refractivity contribution < 1.29 is 9.84 Å². The zero-order valence-electron chi connectivity index (χ0n) is 7.47. The lowest BCUT2D eigenvalue weighted by atomic mass is 10.2. The number of halogens is 1. The van der Waals surface area contributed by atoms with Gasteiger partial charge in [-0.1, -0.05) is 0 Å². The third kappa shape index (κ3) is 1.70. The van der Waals surface area contributed by atoms with E-state index in [4.69, 9.17) is 4.74 Å². The molecule has 1 aromatic carbocycles. The number of methoxy groups -OCH3 is 1. The summed E-state index contributed by atoms with van der Waals surface area (Å²) >= 11 is 0. The van der Waals surface area contributed by atoms with Crippen molar-refractivity contribution in [3.8, 4) is 11.6 Å². The van der Waals surface area contributed by atoms with Crippen LogP contribution in [-0.4, -0.2) is 22.2 Å². The third-order valence-corrected chi connectivity index (χ3v) is 1.82. The van der Waals surface area contributed by atoms with Crippen molar-refractivity contribution in [2.45, 2.75) is 0 Å². The Morgan fingerprint density at radius 2 is 2.07 bits per heavy atom. The quantitative estimate of drug-likeness (QED) is 0.783. The number of aromatic nitrogens is 2. The van der Waals surface area contributed by atoms with Crippen LogP contribution in [0, 0.1) is 0 Å². The molecule has 14 heavy (non-hydrogen) atoms. The van der Waals surface area contributed by atoms with Gasteiger partial charge in [0.15, 0.2) is 0 Å². The normalized spacial score (nSPS) is 9.50. The van der Waals surface area contributed by atoms with E-state index in [0.29, 0.717) is 16.7 Å². The highest BCUT2D eigenvalue weighted by Gasteiger charge is 2.01. The molecule has 0 spiro atoms. The molecule has 1 aromatic heterocycles. The summed E-state index contributed by atoms with van der Waals surface area (Å²) in [5.41, 5.74) is 0.673. The molecule has 0 atom stereocenters. The van der Waals surface area contributed by atoms with E-state index < -0.39 is 0 Å². The molecular formula is C9H9ClN2O2. The summed E-state index contributed by atoms with van der Waals surface area (Å²) in [6, 6.07) is 5.23. The predicted octanol–water partition coefficient (Wildman–Crippen LogP) is 1.77. The van der Waals surface area contributed by atoms with Crippen LogP contribution in [0.5, 0.6) is 11.6 Å². The first-order valence-electron chi connectivity index (χ1n) is 3.79. The highest BCUT2D eigenvalue weighted by atomic mass is 35.5. The fraction of sp³-hybridized carbons (Fsp3) is 0.111. The molecule has 0 aliphatic carbocycles. The Kier molecular flexibility index (Phi) is 3.09. The highest BCUT2D eigenvalue weighted by molar-refractivity contribution is 5.85. The van der Waals surface area contributed by atoms with Crippen molar-refractivity contribution >= 4 is 23.3 Å². The van der Waals surface area contributed by atoms with Crippen molar-refractivity contribution in [2.24, 2.45) is 0 Å². The van der Waals surface area contributed by atoms with Crippen LogP contribution < -0.4 is 4.74 Å². The molecule has 2 aromatic rings. The first-order valence-corrected chi connectivity index (χ1v) is 3.79. The average Bonchev–Trinajstić information content (AvgIpc) is 2.18. The Bertz CT molecular complexity index is 448. The van der Waals surface area contributed by atoms with Gasteiger partial charge in [0.05, 0.1) is 18.0 Å². The molecule has 0 unspecified atom stereocenters. The minimum Gasteiger partial charge on any atom is -0.497 e. The van der Waals surface area contributed by atoms with Gasteiger partial charge in [-0.2, -0.15) is 0 Å². The van der Waals surface area contributed by atoms with Crippen molar-refractivity contribution in [2.75, 3.05) is 7.11 Å². The maximum Gasteiger partial charge on any atom is 0.221 e. The maximum atomic E-state index is 9.34. The van der Waals surface area contributed by atoms with Gasteiger partial charge in [0.25, 0.3) is 0 Å². The highest BCUT2D eigenvalue weighted by Crippen LogP contribution is 2.23. The molecule has 0 fully saturated rings. The maximum absolute atomic E-state index is 9.34. The van der Waals surface area contributed by atoms with E-state index in [1.54, 1.807) is 25.3 Å². The largest absolute Gasteiger partial charge is 0.497 e. The Labute approximate surface area is 87.0 Å². The number of fused-ring (bicyclic) bond motifs is 1. The molecule has 5 heteroatoms. The second-order valence-corrected chi connectivity index (χ2v) is 2.58. The summed E-state index contributed by atoms with van der Waals surface area (Å²) in [6.07, 6.45) is 1.32. The number of nitrogens with zero attached hydrogens (tertiary/aromatic N) is 2. The van der Waals surface area contributed by atoms with Gasteiger partial charge in [-0.15, -0.1) is 12.4 Å². The Hall–Kier alpha value is -1.55. The van der Waals surface area contributed by atoms with Crippen LogP contribution in [0.2, 0.25) is 0 Å². The minimum absolute atomic E-state index is 0. The average molecular weight is 213 g/mol. The molecule has 0 aliphatic heterocycles. The molecule has 0 aliphatic rings. The molecule has 0 saturated carbocycles. The standard InChI is InChI=1S/C9H8N2O2.ClH/c1-13-6-2-3-7-8(4-6)10-5-11-9(7)12;/h2-5H,1H3,(H,10,11,12);1H. The zero-order valence-corrected chi connectivity index (χ0v) is 8.28. The lowest BCUT2D eigenvalue weighted by molar-refractivity contribution is 0.415. The number of hydrogen-bond acceptors (Lipinski definition) is 4. The van der Waals surface area contributed by atoms with E-state index in [0.717, 1.165) is 0 Å². The fourth-order valence-corrected chi connectivity index (χ4v) is 1.15. The van der Waals surface area contributed by atoms with Crippen molar-refractivity contribution in [3.05, 3.63) is 24.5 Å². The number of benzene rings is 1. The molecule has 0 bridgehead atoms. The van der Waals surface area contributed by atoms with Gasteiger partial charge in [0, 0.05) is 6.07 Å². The monoisotopic (exact) mass is 212 g/mol. The topological polar surface area (TPSA) is 55.2 Å². The van der Waals surface area contributed by atoms with Crippen molar-refractivity contribution in [1.29, 1.82) is 0 Å². The lowest BCUT2D eigenvalue weighted by Gasteiger charge is -2.01. The smallest absolute Gasteiger partial charge is 0.221 e. The second kappa shape index (κ2) is 4.11. The van der Waals surface area contributed by atoms with Crippen LogP contribution in [0.3, 0.4) is 0 Å². The van der Waals surface area contributed by atoms with Crippen LogP contribution in [0.15, 0.2) is 24.5 Å². The van der Waals surface area contributed by atoms with Crippen molar-refractivity contribution in [1.82, 2.24) is 9.97 Å². The summed E-state index contributed by atoms with van der Waals surface area (Å²) < 4.78 is 5.02. The molecule has 0 saturated heterocycles. The number of aromatic hydroxyl groups is 1. The molecule has 4 nitrogen and oxygen atoms in total. The molecule has 0 radical (unpaired) electrons. The Morgan fingerprint density at radius 1 is 1.29 bits per heavy atom. The van der Waals surface area contributed by atoms with Crippen LogP contribution in [0.4, 0.5) is 0 Å². The molecule has 1 N–H and O–H groups in total. The molecule has 2 rings (SSSR count). The zero-order chi connectivity index (χ0) is 9.26. The predicted molar refractivity (Wildman–Crippen MR) is 55.0 cm³/mol. The van der Waals surface area contributed by atoms with Gasteiger partial charge >= 0.3 is 0 Å². The lowest BCUT2D eigenvalue weighted by Crippen LogP contribution is -1.86.